The molecule has 2 rings (SSSR count). The van der Waals surface area contributed by atoms with Crippen molar-refractivity contribution in [1.82, 2.24) is 14.7 Å². The summed E-state index contributed by atoms with van der Waals surface area (Å²) in [5.41, 5.74) is 3.39. The Balaban J connectivity index is 2.13. The fraction of sp³-hybridized carbons (Fsp3) is 0.438. The molecule has 114 valence electrons. The zero-order valence-electron chi connectivity index (χ0n) is 13.1. The van der Waals surface area contributed by atoms with E-state index in [1.54, 1.807) is 7.11 Å². The van der Waals surface area contributed by atoms with Gasteiger partial charge in [-0.15, -0.1) is 0 Å². The largest absolute Gasteiger partial charge is 0.497 e. The minimum atomic E-state index is -0.0458. The van der Waals surface area contributed by atoms with E-state index < -0.39 is 0 Å². The van der Waals surface area contributed by atoms with Gasteiger partial charge in [0.1, 0.15) is 5.75 Å². The maximum atomic E-state index is 9.74. The Morgan fingerprint density at radius 1 is 1.33 bits per heavy atom. The van der Waals surface area contributed by atoms with E-state index in [-0.39, 0.29) is 12.6 Å². The minimum Gasteiger partial charge on any atom is -0.497 e. The fourth-order valence-electron chi connectivity index (χ4n) is 2.40. The van der Waals surface area contributed by atoms with E-state index in [0.29, 0.717) is 0 Å². The Hall–Kier alpha value is -1.85. The van der Waals surface area contributed by atoms with E-state index in [1.807, 2.05) is 49.2 Å². The van der Waals surface area contributed by atoms with E-state index >= 15 is 0 Å². The highest BCUT2D eigenvalue weighted by Crippen LogP contribution is 2.23. The quantitative estimate of drug-likeness (QED) is 0.882. The van der Waals surface area contributed by atoms with E-state index in [4.69, 9.17) is 4.74 Å². The highest BCUT2D eigenvalue weighted by atomic mass is 16.5. The van der Waals surface area contributed by atoms with Crippen LogP contribution in [0.1, 0.15) is 22.9 Å². The van der Waals surface area contributed by atoms with E-state index in [0.717, 1.165) is 23.6 Å². The molecular weight excluding hydrogens is 266 g/mol. The normalized spacial score (nSPS) is 12.7. The number of aliphatic hydroxyl groups is 1. The highest BCUT2D eigenvalue weighted by molar-refractivity contribution is 5.29. The van der Waals surface area contributed by atoms with Crippen molar-refractivity contribution in [2.45, 2.75) is 19.5 Å². The average molecular weight is 289 g/mol. The number of methoxy groups -OCH3 is 1. The van der Waals surface area contributed by atoms with E-state index in [2.05, 4.69) is 16.9 Å². The summed E-state index contributed by atoms with van der Waals surface area (Å²) in [6.07, 6.45) is 1.88. The molecule has 5 heteroatoms. The molecule has 1 aromatic carbocycles. The molecule has 1 N–H and O–H groups in total. The van der Waals surface area contributed by atoms with Crippen molar-refractivity contribution in [2.75, 3.05) is 20.8 Å². The number of ether oxygens (including phenoxy) is 1. The van der Waals surface area contributed by atoms with Gasteiger partial charge in [0, 0.05) is 24.8 Å². The van der Waals surface area contributed by atoms with Gasteiger partial charge in [-0.05, 0) is 31.7 Å². The average Bonchev–Trinajstić information content (AvgIpc) is 2.81. The van der Waals surface area contributed by atoms with Gasteiger partial charge in [-0.3, -0.25) is 9.58 Å². The maximum Gasteiger partial charge on any atom is 0.118 e. The van der Waals surface area contributed by atoms with Gasteiger partial charge < -0.3 is 9.84 Å². The molecule has 0 spiro atoms. The zero-order chi connectivity index (χ0) is 15.4. The second-order valence-corrected chi connectivity index (χ2v) is 5.27. The molecule has 0 bridgehead atoms. The van der Waals surface area contributed by atoms with Gasteiger partial charge in [-0.2, -0.15) is 5.10 Å². The molecule has 21 heavy (non-hydrogen) atoms. The molecule has 1 unspecified atom stereocenters. The molecule has 1 atom stereocenters. The fourth-order valence-corrected chi connectivity index (χ4v) is 2.40. The van der Waals surface area contributed by atoms with E-state index in [9.17, 15) is 5.11 Å². The Labute approximate surface area is 125 Å². The Kier molecular flexibility index (Phi) is 4.98. The van der Waals surface area contributed by atoms with Crippen LogP contribution in [-0.2, 0) is 13.6 Å². The first kappa shape index (κ1) is 15.5. The Bertz CT molecular complexity index is 578. The molecule has 0 amide bonds. The summed E-state index contributed by atoms with van der Waals surface area (Å²) < 4.78 is 7.04. The van der Waals surface area contributed by atoms with Gasteiger partial charge in [0.15, 0.2) is 0 Å². The smallest absolute Gasteiger partial charge is 0.118 e. The third kappa shape index (κ3) is 3.43. The van der Waals surface area contributed by atoms with Crippen LogP contribution < -0.4 is 4.74 Å². The molecule has 5 nitrogen and oxygen atoms in total. The first-order valence-electron chi connectivity index (χ1n) is 6.99. The van der Waals surface area contributed by atoms with Gasteiger partial charge in [0.05, 0.1) is 26.0 Å². The second kappa shape index (κ2) is 6.74. The number of benzene rings is 1. The Morgan fingerprint density at radius 3 is 2.48 bits per heavy atom. The number of hydrogen-bond donors (Lipinski definition) is 1. The van der Waals surface area contributed by atoms with Crippen LogP contribution >= 0.6 is 0 Å². The van der Waals surface area contributed by atoms with Crippen LogP contribution in [0.25, 0.3) is 0 Å². The molecule has 0 saturated carbocycles. The van der Waals surface area contributed by atoms with E-state index in [1.165, 1.54) is 5.56 Å². The summed E-state index contributed by atoms with van der Waals surface area (Å²) in [5, 5.41) is 14.0. The van der Waals surface area contributed by atoms with Crippen molar-refractivity contribution in [3.8, 4) is 5.75 Å². The number of likely N-dealkylation sites (N-methyl/N-ethyl adjacent to an activating group) is 1. The third-order valence-corrected chi connectivity index (χ3v) is 3.96. The molecule has 2 aromatic rings. The van der Waals surface area contributed by atoms with Gasteiger partial charge >= 0.3 is 0 Å². The third-order valence-electron chi connectivity index (χ3n) is 3.96. The Morgan fingerprint density at radius 2 is 2.00 bits per heavy atom. The molecule has 1 heterocycles. The highest BCUT2D eigenvalue weighted by Gasteiger charge is 2.18. The molecule has 0 aliphatic rings. The first-order valence-corrected chi connectivity index (χ1v) is 6.99. The summed E-state index contributed by atoms with van der Waals surface area (Å²) in [7, 11) is 5.60. The number of aryl methyl sites for hydroxylation is 1. The topological polar surface area (TPSA) is 50.5 Å². The second-order valence-electron chi connectivity index (χ2n) is 5.27. The monoisotopic (exact) mass is 289 g/mol. The number of aromatic nitrogens is 2. The molecular formula is C16H23N3O2. The molecule has 0 fully saturated rings. The molecule has 0 saturated heterocycles. The van der Waals surface area contributed by atoms with Crippen LogP contribution in [0.3, 0.4) is 0 Å². The number of nitrogens with zero attached hydrogens (tertiary/aromatic N) is 3. The van der Waals surface area contributed by atoms with Crippen LogP contribution in [0, 0.1) is 6.92 Å². The lowest BCUT2D eigenvalue weighted by molar-refractivity contribution is 0.142. The van der Waals surface area contributed by atoms with Crippen LogP contribution in [0.2, 0.25) is 0 Å². The summed E-state index contributed by atoms with van der Waals surface area (Å²) in [5.74, 6) is 0.821. The van der Waals surface area contributed by atoms with Crippen molar-refractivity contribution in [3.05, 3.63) is 47.3 Å². The number of hydrogen-bond acceptors (Lipinski definition) is 4. The summed E-state index contributed by atoms with van der Waals surface area (Å²) in [6, 6.07) is 7.77. The SMILES string of the molecule is COc1ccc(C(CO)N(C)Cc2cnn(C)c2C)cc1. The standard InChI is InChI=1S/C16H23N3O2/c1-12-14(9-17-19(12)3)10-18(2)16(11-20)13-5-7-15(21-4)8-6-13/h5-9,16,20H,10-11H2,1-4H3. The van der Waals surface area contributed by atoms with Gasteiger partial charge in [0.2, 0.25) is 0 Å². The summed E-state index contributed by atoms with van der Waals surface area (Å²) in [6.45, 7) is 2.87. The predicted octanol–water partition coefficient (Wildman–Crippen LogP) is 1.90. The molecule has 0 aliphatic carbocycles. The van der Waals surface area contributed by atoms with Crippen LogP contribution in [-0.4, -0.2) is 40.6 Å². The zero-order valence-corrected chi connectivity index (χ0v) is 13.1. The summed E-state index contributed by atoms with van der Waals surface area (Å²) >= 11 is 0. The number of rotatable bonds is 6. The lowest BCUT2D eigenvalue weighted by atomic mass is 10.1. The minimum absolute atomic E-state index is 0.0458. The van der Waals surface area contributed by atoms with Gasteiger partial charge in [0.25, 0.3) is 0 Å². The van der Waals surface area contributed by atoms with Crippen molar-refractivity contribution < 1.29 is 9.84 Å². The van der Waals surface area contributed by atoms with Crippen LogP contribution in [0.4, 0.5) is 0 Å². The van der Waals surface area contributed by atoms with Crippen molar-refractivity contribution >= 4 is 0 Å². The van der Waals surface area contributed by atoms with Gasteiger partial charge in [-0.25, -0.2) is 0 Å². The van der Waals surface area contributed by atoms with Crippen LogP contribution in [0.5, 0.6) is 5.75 Å². The van der Waals surface area contributed by atoms with Crippen LogP contribution in [0.15, 0.2) is 30.5 Å². The predicted molar refractivity (Wildman–Crippen MR) is 82.2 cm³/mol. The summed E-state index contributed by atoms with van der Waals surface area (Å²) in [4.78, 5) is 2.13. The van der Waals surface area contributed by atoms with Crippen molar-refractivity contribution in [3.63, 3.8) is 0 Å². The van der Waals surface area contributed by atoms with Gasteiger partial charge in [-0.1, -0.05) is 12.1 Å². The van der Waals surface area contributed by atoms with Crippen molar-refractivity contribution in [2.24, 2.45) is 7.05 Å². The molecule has 0 radical (unpaired) electrons. The maximum absolute atomic E-state index is 9.74. The first-order chi connectivity index (χ1) is 10.1. The molecule has 1 aromatic heterocycles. The number of aliphatic hydroxyl groups excluding tert-OH is 1. The van der Waals surface area contributed by atoms with Crippen molar-refractivity contribution in [1.29, 1.82) is 0 Å². The lowest BCUT2D eigenvalue weighted by Gasteiger charge is -2.26. The molecule has 0 aliphatic heterocycles. The lowest BCUT2D eigenvalue weighted by Crippen LogP contribution is -2.27.